The Morgan fingerprint density at radius 2 is 2.45 bits per heavy atom. The summed E-state index contributed by atoms with van der Waals surface area (Å²) in [6.45, 7) is 2.10. The lowest BCUT2D eigenvalue weighted by Gasteiger charge is -1.99. The van der Waals surface area contributed by atoms with Crippen LogP contribution in [0.25, 0.3) is 0 Å². The minimum atomic E-state index is -0.188. The zero-order valence-electron chi connectivity index (χ0n) is 11.0. The van der Waals surface area contributed by atoms with E-state index in [4.69, 9.17) is 9.52 Å². The third-order valence-electron chi connectivity index (χ3n) is 2.38. The fourth-order valence-corrected chi connectivity index (χ4v) is 2.22. The van der Waals surface area contributed by atoms with Crippen molar-refractivity contribution in [1.29, 1.82) is 0 Å². The van der Waals surface area contributed by atoms with Gasteiger partial charge < -0.3 is 14.8 Å². The van der Waals surface area contributed by atoms with E-state index in [1.54, 1.807) is 24.6 Å². The van der Waals surface area contributed by atoms with Gasteiger partial charge >= 0.3 is 0 Å². The average molecular weight is 290 g/mol. The second-order valence-corrected chi connectivity index (χ2v) is 4.93. The minimum Gasteiger partial charge on any atom is -0.444 e. The third kappa shape index (κ3) is 3.95. The van der Waals surface area contributed by atoms with Gasteiger partial charge in [-0.25, -0.2) is 4.98 Å². The predicted octanol–water partition coefficient (Wildman–Crippen LogP) is 1.71. The van der Waals surface area contributed by atoms with E-state index >= 15 is 0 Å². The van der Waals surface area contributed by atoms with Crippen LogP contribution in [0.4, 0.5) is 0 Å². The molecule has 0 aromatic carbocycles. The first-order valence-electron chi connectivity index (χ1n) is 6.07. The Hall–Kier alpha value is -2.10. The van der Waals surface area contributed by atoms with Crippen molar-refractivity contribution in [1.82, 2.24) is 10.3 Å². The summed E-state index contributed by atoms with van der Waals surface area (Å²) in [6.07, 6.45) is 2.05. The second kappa shape index (κ2) is 6.89. The van der Waals surface area contributed by atoms with Crippen LogP contribution in [-0.4, -0.2) is 22.6 Å². The van der Waals surface area contributed by atoms with Crippen LogP contribution in [0.15, 0.2) is 22.1 Å². The third-order valence-corrected chi connectivity index (χ3v) is 3.22. The molecule has 20 heavy (non-hydrogen) atoms. The number of carbonyl (C=O) groups is 1. The van der Waals surface area contributed by atoms with E-state index in [-0.39, 0.29) is 19.1 Å². The molecule has 6 heteroatoms. The van der Waals surface area contributed by atoms with Crippen LogP contribution in [0.1, 0.15) is 33.3 Å². The molecule has 0 radical (unpaired) electrons. The van der Waals surface area contributed by atoms with Crippen molar-refractivity contribution in [3.8, 4) is 11.8 Å². The fraction of sp³-hybridized carbons (Fsp3) is 0.286. The zero-order valence-corrected chi connectivity index (χ0v) is 11.8. The number of carbonyl (C=O) groups excluding carboxylic acids is 1. The quantitative estimate of drug-likeness (QED) is 0.841. The highest BCUT2D eigenvalue weighted by Gasteiger charge is 2.09. The number of oxazole rings is 1. The normalized spacial score (nSPS) is 9.90. The topological polar surface area (TPSA) is 75.4 Å². The Bertz CT molecular complexity index is 649. The first-order chi connectivity index (χ1) is 9.69. The SMILES string of the molecule is Cc1cnc(CNC(=O)c2csc(C#CCCO)c2)o1. The Morgan fingerprint density at radius 3 is 3.15 bits per heavy atom. The maximum Gasteiger partial charge on any atom is 0.252 e. The molecule has 0 aliphatic heterocycles. The van der Waals surface area contributed by atoms with Crippen molar-refractivity contribution in [2.45, 2.75) is 19.9 Å². The molecule has 0 aliphatic carbocycles. The summed E-state index contributed by atoms with van der Waals surface area (Å²) < 4.78 is 5.27. The first-order valence-corrected chi connectivity index (χ1v) is 6.95. The molecule has 0 saturated carbocycles. The number of aliphatic hydroxyl groups excluding tert-OH is 1. The number of amides is 1. The molecule has 5 nitrogen and oxygen atoms in total. The van der Waals surface area contributed by atoms with Crippen LogP contribution in [0.5, 0.6) is 0 Å². The Balaban J connectivity index is 1.91. The summed E-state index contributed by atoms with van der Waals surface area (Å²) in [7, 11) is 0. The highest BCUT2D eigenvalue weighted by molar-refractivity contribution is 7.10. The summed E-state index contributed by atoms with van der Waals surface area (Å²) in [5.41, 5.74) is 0.562. The lowest BCUT2D eigenvalue weighted by atomic mass is 10.3. The van der Waals surface area contributed by atoms with Crippen LogP contribution in [0.2, 0.25) is 0 Å². The van der Waals surface area contributed by atoms with Crippen molar-refractivity contribution in [3.63, 3.8) is 0 Å². The van der Waals surface area contributed by atoms with Gasteiger partial charge in [0.05, 0.1) is 29.8 Å². The van der Waals surface area contributed by atoms with Crippen molar-refractivity contribution < 1.29 is 14.3 Å². The van der Waals surface area contributed by atoms with Gasteiger partial charge in [-0.3, -0.25) is 4.79 Å². The number of aryl methyl sites for hydroxylation is 1. The second-order valence-electron chi connectivity index (χ2n) is 4.02. The molecule has 2 rings (SSSR count). The highest BCUT2D eigenvalue weighted by atomic mass is 32.1. The van der Waals surface area contributed by atoms with Crippen molar-refractivity contribution >= 4 is 17.2 Å². The molecule has 0 bridgehead atoms. The number of aliphatic hydroxyl groups is 1. The van der Waals surface area contributed by atoms with Gasteiger partial charge in [-0.1, -0.05) is 11.8 Å². The molecule has 0 spiro atoms. The lowest BCUT2D eigenvalue weighted by molar-refractivity contribution is 0.0947. The van der Waals surface area contributed by atoms with E-state index in [9.17, 15) is 4.79 Å². The molecular weight excluding hydrogens is 276 g/mol. The summed E-state index contributed by atoms with van der Waals surface area (Å²) in [5, 5.41) is 13.1. The maximum atomic E-state index is 11.9. The van der Waals surface area contributed by atoms with Gasteiger partial charge in [0.2, 0.25) is 5.89 Å². The average Bonchev–Trinajstić information content (AvgIpc) is 3.06. The summed E-state index contributed by atoms with van der Waals surface area (Å²) in [4.78, 5) is 16.7. The Labute approximate surface area is 120 Å². The number of nitrogens with one attached hydrogen (secondary N) is 1. The number of hydrogen-bond acceptors (Lipinski definition) is 5. The van der Waals surface area contributed by atoms with E-state index in [1.165, 1.54) is 11.3 Å². The van der Waals surface area contributed by atoms with Crippen LogP contribution in [0.3, 0.4) is 0 Å². The minimum absolute atomic E-state index is 0.0429. The number of nitrogens with zero attached hydrogens (tertiary/aromatic N) is 1. The molecule has 0 fully saturated rings. The summed E-state index contributed by atoms with van der Waals surface area (Å²) >= 11 is 1.40. The van der Waals surface area contributed by atoms with Gasteiger partial charge in [-0.2, -0.15) is 0 Å². The summed E-state index contributed by atoms with van der Waals surface area (Å²) in [5.74, 6) is 6.72. The molecule has 0 aliphatic rings. The largest absolute Gasteiger partial charge is 0.444 e. The van der Waals surface area contributed by atoms with Gasteiger partial charge in [0, 0.05) is 11.8 Å². The van der Waals surface area contributed by atoms with Crippen molar-refractivity contribution in [2.24, 2.45) is 0 Å². The number of aromatic nitrogens is 1. The van der Waals surface area contributed by atoms with Crippen molar-refractivity contribution in [2.75, 3.05) is 6.61 Å². The van der Waals surface area contributed by atoms with Crippen LogP contribution in [-0.2, 0) is 6.54 Å². The zero-order chi connectivity index (χ0) is 14.4. The smallest absolute Gasteiger partial charge is 0.252 e. The maximum absolute atomic E-state index is 11.9. The van der Waals surface area contributed by atoms with Crippen LogP contribution < -0.4 is 5.32 Å². The Morgan fingerprint density at radius 1 is 1.60 bits per heavy atom. The first kappa shape index (κ1) is 14.3. The fourth-order valence-electron chi connectivity index (χ4n) is 1.47. The van der Waals surface area contributed by atoms with Gasteiger partial charge in [-0.05, 0) is 13.0 Å². The molecule has 2 N–H and O–H groups in total. The van der Waals surface area contributed by atoms with Gasteiger partial charge in [-0.15, -0.1) is 11.3 Å². The molecular formula is C14H14N2O3S. The molecule has 0 atom stereocenters. The molecule has 2 heterocycles. The Kier molecular flexibility index (Phi) is 4.93. The van der Waals surface area contributed by atoms with E-state index in [0.717, 1.165) is 4.88 Å². The number of thiophene rings is 1. The molecule has 104 valence electrons. The monoisotopic (exact) mass is 290 g/mol. The van der Waals surface area contributed by atoms with Crippen LogP contribution in [0, 0.1) is 18.8 Å². The van der Waals surface area contributed by atoms with Gasteiger partial charge in [0.25, 0.3) is 5.91 Å². The van der Waals surface area contributed by atoms with Crippen molar-refractivity contribution in [3.05, 3.63) is 39.7 Å². The van der Waals surface area contributed by atoms with E-state index < -0.39 is 0 Å². The molecule has 2 aromatic heterocycles. The molecule has 0 saturated heterocycles. The van der Waals surface area contributed by atoms with E-state index in [1.807, 2.05) is 0 Å². The lowest BCUT2D eigenvalue weighted by Crippen LogP contribution is -2.22. The standard InChI is InChI=1S/C14H14N2O3S/c1-10-7-15-13(19-10)8-16-14(18)11-6-12(20-9-11)4-2-3-5-17/h6-7,9,17H,3,5,8H2,1H3,(H,16,18). The van der Waals surface area contributed by atoms with E-state index in [2.05, 4.69) is 22.1 Å². The molecule has 1 amide bonds. The van der Waals surface area contributed by atoms with Gasteiger partial charge in [0.15, 0.2) is 0 Å². The number of hydrogen-bond donors (Lipinski definition) is 2. The molecule has 2 aromatic rings. The van der Waals surface area contributed by atoms with E-state index in [0.29, 0.717) is 23.6 Å². The van der Waals surface area contributed by atoms with Crippen LogP contribution >= 0.6 is 11.3 Å². The predicted molar refractivity (Wildman–Crippen MR) is 75.3 cm³/mol. The molecule has 0 unspecified atom stereocenters. The highest BCUT2D eigenvalue weighted by Crippen LogP contribution is 2.13. The number of rotatable bonds is 4. The van der Waals surface area contributed by atoms with Gasteiger partial charge in [0.1, 0.15) is 5.76 Å². The summed E-state index contributed by atoms with van der Waals surface area (Å²) in [6, 6.07) is 1.73.